The van der Waals surface area contributed by atoms with Crippen molar-refractivity contribution < 1.29 is 28.7 Å². The third-order valence-corrected chi connectivity index (χ3v) is 4.65. The van der Waals surface area contributed by atoms with Crippen molar-refractivity contribution in [2.75, 3.05) is 14.2 Å². The van der Waals surface area contributed by atoms with Crippen LogP contribution in [0.3, 0.4) is 0 Å². The van der Waals surface area contributed by atoms with E-state index in [-0.39, 0.29) is 34.3 Å². The quantitative estimate of drug-likeness (QED) is 0.209. The van der Waals surface area contributed by atoms with Gasteiger partial charge in [-0.3, -0.25) is 25.2 Å². The van der Waals surface area contributed by atoms with Crippen molar-refractivity contribution in [3.63, 3.8) is 0 Å². The lowest BCUT2D eigenvalue weighted by atomic mass is 10.1. The molecule has 0 aliphatic heterocycles. The smallest absolute Gasteiger partial charge is 0.413 e. The Kier molecular flexibility index (Phi) is 11.3. The number of nitro groups is 1. The molecule has 0 aliphatic rings. The molecular formula is C23H32N4O7. The fourth-order valence-electron chi connectivity index (χ4n) is 2.67. The van der Waals surface area contributed by atoms with Crippen molar-refractivity contribution >= 4 is 23.9 Å². The zero-order valence-corrected chi connectivity index (χ0v) is 20.6. The summed E-state index contributed by atoms with van der Waals surface area (Å²) in [5, 5.41) is 16.6. The molecule has 2 N–H and O–H groups in total. The maximum Gasteiger partial charge on any atom is 0.413 e. The highest BCUT2D eigenvalue weighted by molar-refractivity contribution is 5.96. The Labute approximate surface area is 199 Å². The van der Waals surface area contributed by atoms with Crippen LogP contribution < -0.4 is 20.1 Å². The van der Waals surface area contributed by atoms with Gasteiger partial charge in [0.05, 0.1) is 30.8 Å². The monoisotopic (exact) mass is 476 g/mol. The molecule has 0 spiro atoms. The van der Waals surface area contributed by atoms with Crippen molar-refractivity contribution in [1.29, 1.82) is 0 Å². The molecule has 0 saturated heterocycles. The molecule has 0 heterocycles. The van der Waals surface area contributed by atoms with Crippen LogP contribution in [0.15, 0.2) is 39.8 Å². The molecule has 34 heavy (non-hydrogen) atoms. The van der Waals surface area contributed by atoms with E-state index in [1.165, 1.54) is 26.4 Å². The van der Waals surface area contributed by atoms with Crippen molar-refractivity contribution in [2.45, 2.75) is 54.1 Å². The van der Waals surface area contributed by atoms with Crippen LogP contribution in [0, 0.1) is 10.1 Å². The number of rotatable bonds is 11. The Morgan fingerprint density at radius 1 is 1.09 bits per heavy atom. The van der Waals surface area contributed by atoms with Crippen LogP contribution in [-0.2, 0) is 16.1 Å². The second-order valence-corrected chi connectivity index (χ2v) is 7.33. The molecule has 11 heteroatoms. The Balaban J connectivity index is 3.06. The van der Waals surface area contributed by atoms with Gasteiger partial charge < -0.3 is 19.5 Å². The Morgan fingerprint density at radius 3 is 2.21 bits per heavy atom. The number of methoxy groups -OCH3 is 2. The Bertz CT molecular complexity index is 1010. The normalized spacial score (nSPS) is 11.4. The van der Waals surface area contributed by atoms with E-state index in [0.29, 0.717) is 24.0 Å². The van der Waals surface area contributed by atoms with Gasteiger partial charge in [-0.25, -0.2) is 4.79 Å². The highest BCUT2D eigenvalue weighted by Gasteiger charge is 2.21. The third-order valence-electron chi connectivity index (χ3n) is 4.65. The summed E-state index contributed by atoms with van der Waals surface area (Å²) in [5.74, 6) is 0.103. The zero-order valence-electron chi connectivity index (χ0n) is 20.6. The van der Waals surface area contributed by atoms with Crippen LogP contribution in [0.4, 0.5) is 10.5 Å². The molecule has 0 aromatic heterocycles. The van der Waals surface area contributed by atoms with E-state index in [2.05, 4.69) is 15.6 Å². The van der Waals surface area contributed by atoms with Gasteiger partial charge in [-0.1, -0.05) is 13.8 Å². The van der Waals surface area contributed by atoms with Crippen LogP contribution in [0.25, 0.3) is 0 Å². The minimum absolute atomic E-state index is 0.111. The first-order valence-electron chi connectivity index (χ1n) is 10.6. The van der Waals surface area contributed by atoms with Gasteiger partial charge in [0, 0.05) is 6.21 Å². The molecule has 1 aromatic rings. The van der Waals surface area contributed by atoms with E-state index in [4.69, 9.17) is 14.2 Å². The number of allylic oxidation sites excluding steroid dienone is 2. The number of carbonyl (C=O) groups is 2. The average molecular weight is 477 g/mol. The highest BCUT2D eigenvalue weighted by Crippen LogP contribution is 2.34. The number of nitrogens with one attached hydrogen (secondary N) is 2. The molecule has 0 unspecified atom stereocenters. The van der Waals surface area contributed by atoms with Crippen LogP contribution >= 0.6 is 0 Å². The first-order chi connectivity index (χ1) is 16.1. The molecule has 0 atom stereocenters. The SMILES string of the molecule is CCC=NC(C(=O)N/C(NC(=O)OCc1cc(OC)c(OC)cc1[N+](=O)[O-])=C(/C)CC)=C(C)C. The molecular weight excluding hydrogens is 444 g/mol. The molecule has 2 amide bonds. The summed E-state index contributed by atoms with van der Waals surface area (Å²) in [6, 6.07) is 2.56. The molecule has 1 rings (SSSR count). The largest absolute Gasteiger partial charge is 0.493 e. The van der Waals surface area contributed by atoms with E-state index in [9.17, 15) is 19.7 Å². The Morgan fingerprint density at radius 2 is 1.71 bits per heavy atom. The molecule has 0 fully saturated rings. The first-order valence-corrected chi connectivity index (χ1v) is 10.6. The van der Waals surface area contributed by atoms with E-state index < -0.39 is 23.5 Å². The van der Waals surface area contributed by atoms with Crippen molar-refractivity contribution in [3.05, 3.63) is 50.5 Å². The number of hydrogen-bond acceptors (Lipinski definition) is 8. The summed E-state index contributed by atoms with van der Waals surface area (Å²) in [4.78, 5) is 40.2. The van der Waals surface area contributed by atoms with Gasteiger partial charge in [-0.2, -0.15) is 0 Å². The number of carbonyl (C=O) groups excluding carboxylic acids is 2. The molecule has 0 radical (unpaired) electrons. The number of nitrogens with zero attached hydrogens (tertiary/aromatic N) is 2. The third kappa shape index (κ3) is 7.91. The Hall–Kier alpha value is -3.89. The van der Waals surface area contributed by atoms with E-state index in [1.54, 1.807) is 27.0 Å². The van der Waals surface area contributed by atoms with E-state index in [1.807, 2.05) is 13.8 Å². The van der Waals surface area contributed by atoms with Gasteiger partial charge in [-0.05, 0) is 50.8 Å². The van der Waals surface area contributed by atoms with Gasteiger partial charge in [0.25, 0.3) is 11.6 Å². The second kappa shape index (κ2) is 13.6. The van der Waals surface area contributed by atoms with Gasteiger partial charge >= 0.3 is 6.09 Å². The maximum absolute atomic E-state index is 12.7. The molecule has 0 aliphatic carbocycles. The lowest BCUT2D eigenvalue weighted by molar-refractivity contribution is -0.385. The standard InChI is InChI=1S/C23H32N4O7/c1-8-10-24-20(14(3)4)22(28)25-21(15(5)9-2)26-23(29)34-13-16-11-18(32-6)19(33-7)12-17(16)27(30)31/h10-12H,8-9,13H2,1-7H3,(H,25,28)(H,26,29)/b21-15+,24-10?. The van der Waals surface area contributed by atoms with Crippen LogP contribution in [0.1, 0.15) is 53.0 Å². The predicted octanol–water partition coefficient (Wildman–Crippen LogP) is 4.37. The molecule has 11 nitrogen and oxygen atoms in total. The fraction of sp³-hybridized carbons (Fsp3) is 0.435. The number of hydrogen-bond donors (Lipinski definition) is 2. The van der Waals surface area contributed by atoms with Gasteiger partial charge in [0.15, 0.2) is 11.5 Å². The van der Waals surface area contributed by atoms with Crippen LogP contribution in [-0.4, -0.2) is 37.4 Å². The predicted molar refractivity (Wildman–Crippen MR) is 128 cm³/mol. The number of alkyl carbamates (subject to hydrolysis) is 1. The molecule has 186 valence electrons. The van der Waals surface area contributed by atoms with E-state index in [0.717, 1.165) is 0 Å². The van der Waals surface area contributed by atoms with Crippen LogP contribution in [0.5, 0.6) is 11.5 Å². The molecule has 0 saturated carbocycles. The summed E-state index contributed by atoms with van der Waals surface area (Å²) in [6.07, 6.45) is 1.92. The summed E-state index contributed by atoms with van der Waals surface area (Å²) in [7, 11) is 2.75. The van der Waals surface area contributed by atoms with E-state index >= 15 is 0 Å². The summed E-state index contributed by atoms with van der Waals surface area (Å²) in [6.45, 7) is 8.61. The lowest BCUT2D eigenvalue weighted by Crippen LogP contribution is -2.37. The number of amides is 2. The summed E-state index contributed by atoms with van der Waals surface area (Å²) >= 11 is 0. The van der Waals surface area contributed by atoms with Gasteiger partial charge in [0.2, 0.25) is 0 Å². The fourth-order valence-corrected chi connectivity index (χ4v) is 2.67. The highest BCUT2D eigenvalue weighted by atomic mass is 16.6. The maximum atomic E-state index is 12.7. The number of nitro benzene ring substituents is 1. The molecule has 0 bridgehead atoms. The minimum Gasteiger partial charge on any atom is -0.493 e. The lowest BCUT2D eigenvalue weighted by Gasteiger charge is -2.16. The zero-order chi connectivity index (χ0) is 25.8. The first kappa shape index (κ1) is 28.1. The number of ether oxygens (including phenoxy) is 3. The summed E-state index contributed by atoms with van der Waals surface area (Å²) in [5.41, 5.74) is 1.45. The average Bonchev–Trinajstić information content (AvgIpc) is 2.80. The van der Waals surface area contributed by atoms with Crippen molar-refractivity contribution in [3.8, 4) is 11.5 Å². The second-order valence-electron chi connectivity index (χ2n) is 7.33. The topological polar surface area (TPSA) is 141 Å². The summed E-state index contributed by atoms with van der Waals surface area (Å²) < 4.78 is 15.4. The van der Waals surface area contributed by atoms with Crippen molar-refractivity contribution in [2.24, 2.45) is 4.99 Å². The minimum atomic E-state index is -0.900. The number of benzene rings is 1. The van der Waals surface area contributed by atoms with Crippen molar-refractivity contribution in [1.82, 2.24) is 10.6 Å². The van der Waals surface area contributed by atoms with Gasteiger partial charge in [0.1, 0.15) is 18.1 Å². The number of aliphatic imine (C=N–C) groups is 1. The van der Waals surface area contributed by atoms with Crippen LogP contribution in [0.2, 0.25) is 0 Å². The molecule has 1 aromatic carbocycles. The van der Waals surface area contributed by atoms with Gasteiger partial charge in [-0.15, -0.1) is 0 Å².